The van der Waals surface area contributed by atoms with Gasteiger partial charge in [-0.05, 0) is 49.4 Å². The van der Waals surface area contributed by atoms with Crippen molar-refractivity contribution in [3.8, 4) is 5.75 Å². The molecule has 2 aromatic heterocycles. The molecule has 0 N–H and O–H groups in total. The van der Waals surface area contributed by atoms with Crippen molar-refractivity contribution in [3.05, 3.63) is 75.3 Å². The Kier molecular flexibility index (Phi) is 4.05. The number of ether oxygens (including phenoxy) is 1. The number of esters is 1. The van der Waals surface area contributed by atoms with Crippen LogP contribution in [0.5, 0.6) is 5.75 Å². The van der Waals surface area contributed by atoms with Crippen molar-refractivity contribution in [2.45, 2.75) is 6.92 Å². The van der Waals surface area contributed by atoms with Gasteiger partial charge in [-0.3, -0.25) is 4.79 Å². The van der Waals surface area contributed by atoms with E-state index in [9.17, 15) is 14.4 Å². The lowest BCUT2D eigenvalue weighted by atomic mass is 10.1. The van der Waals surface area contributed by atoms with Crippen molar-refractivity contribution in [1.29, 1.82) is 0 Å². The minimum absolute atomic E-state index is 0.0146. The lowest BCUT2D eigenvalue weighted by molar-refractivity contribution is 0.0704. The molecule has 0 saturated carbocycles. The summed E-state index contributed by atoms with van der Waals surface area (Å²) in [5.74, 6) is -0.902. The Labute approximate surface area is 156 Å². The monoisotopic (exact) mass is 382 g/mol. The number of ketones is 1. The van der Waals surface area contributed by atoms with Gasteiger partial charge in [0.1, 0.15) is 22.5 Å². The van der Waals surface area contributed by atoms with Gasteiger partial charge in [-0.2, -0.15) is 0 Å². The highest BCUT2D eigenvalue weighted by Crippen LogP contribution is 2.25. The van der Waals surface area contributed by atoms with E-state index >= 15 is 0 Å². The minimum Gasteiger partial charge on any atom is -0.449 e. The fraction of sp³-hybridized carbons (Fsp3) is 0.0500. The first kappa shape index (κ1) is 17.1. The molecule has 0 fully saturated rings. The second-order valence-corrected chi connectivity index (χ2v) is 6.32. The van der Waals surface area contributed by atoms with Crippen LogP contribution in [0.15, 0.2) is 62.2 Å². The van der Waals surface area contributed by atoms with E-state index < -0.39 is 11.6 Å². The van der Waals surface area contributed by atoms with Crippen LogP contribution in [-0.4, -0.2) is 11.8 Å². The van der Waals surface area contributed by atoms with Crippen LogP contribution < -0.4 is 10.4 Å². The minimum atomic E-state index is -0.743. The lowest BCUT2D eigenvalue weighted by Crippen LogP contribution is -2.11. The average Bonchev–Trinajstić information content (AvgIpc) is 3.04. The van der Waals surface area contributed by atoms with Gasteiger partial charge in [0.25, 0.3) is 0 Å². The SMILES string of the molecule is CC(=O)c1cc2ccc(OC(=O)c3cc4cc(Cl)ccc4o3)cc2oc1=O. The number of furan rings is 1. The van der Waals surface area contributed by atoms with E-state index in [1.54, 1.807) is 24.3 Å². The molecule has 2 aromatic carbocycles. The van der Waals surface area contributed by atoms with E-state index in [0.29, 0.717) is 21.4 Å². The number of rotatable bonds is 3. The van der Waals surface area contributed by atoms with E-state index in [-0.39, 0.29) is 28.4 Å². The molecule has 4 rings (SSSR count). The number of hydrogen-bond acceptors (Lipinski definition) is 6. The molecule has 134 valence electrons. The van der Waals surface area contributed by atoms with E-state index in [4.69, 9.17) is 25.2 Å². The van der Waals surface area contributed by atoms with Crippen LogP contribution >= 0.6 is 11.6 Å². The number of fused-ring (bicyclic) bond motifs is 2. The fourth-order valence-corrected chi connectivity index (χ4v) is 2.85. The van der Waals surface area contributed by atoms with Gasteiger partial charge in [0.2, 0.25) is 5.76 Å². The maximum absolute atomic E-state index is 12.3. The van der Waals surface area contributed by atoms with Crippen LogP contribution in [-0.2, 0) is 0 Å². The van der Waals surface area contributed by atoms with Gasteiger partial charge < -0.3 is 13.6 Å². The van der Waals surface area contributed by atoms with E-state index in [2.05, 4.69) is 0 Å². The summed E-state index contributed by atoms with van der Waals surface area (Å²) in [6.45, 7) is 1.29. The Morgan fingerprint density at radius 3 is 2.52 bits per heavy atom. The molecule has 0 atom stereocenters. The highest BCUT2D eigenvalue weighted by molar-refractivity contribution is 6.31. The van der Waals surface area contributed by atoms with Crippen molar-refractivity contribution < 1.29 is 23.2 Å². The average molecular weight is 383 g/mol. The second kappa shape index (κ2) is 6.41. The molecule has 0 bridgehead atoms. The van der Waals surface area contributed by atoms with Crippen molar-refractivity contribution in [2.24, 2.45) is 0 Å². The fourth-order valence-electron chi connectivity index (χ4n) is 2.67. The van der Waals surface area contributed by atoms with E-state index in [1.165, 1.54) is 31.2 Å². The Morgan fingerprint density at radius 1 is 0.926 bits per heavy atom. The van der Waals surface area contributed by atoms with Gasteiger partial charge in [-0.1, -0.05) is 11.6 Å². The summed E-state index contributed by atoms with van der Waals surface area (Å²) in [5.41, 5.74) is -0.0693. The molecule has 0 radical (unpaired) electrons. The summed E-state index contributed by atoms with van der Waals surface area (Å²) < 4.78 is 15.9. The highest BCUT2D eigenvalue weighted by Gasteiger charge is 2.16. The van der Waals surface area contributed by atoms with Gasteiger partial charge in [-0.25, -0.2) is 9.59 Å². The van der Waals surface area contributed by atoms with Crippen molar-refractivity contribution in [2.75, 3.05) is 0 Å². The smallest absolute Gasteiger partial charge is 0.379 e. The van der Waals surface area contributed by atoms with Gasteiger partial charge in [0.15, 0.2) is 5.78 Å². The Bertz CT molecular complexity index is 1280. The van der Waals surface area contributed by atoms with Gasteiger partial charge in [0.05, 0.1) is 0 Å². The maximum Gasteiger partial charge on any atom is 0.379 e. The highest BCUT2D eigenvalue weighted by atomic mass is 35.5. The molecule has 7 heteroatoms. The predicted octanol–water partition coefficient (Wildman–Crippen LogP) is 4.61. The third-order valence-electron chi connectivity index (χ3n) is 3.98. The normalized spacial score (nSPS) is 11.0. The molecule has 0 unspecified atom stereocenters. The first-order valence-corrected chi connectivity index (χ1v) is 8.28. The number of carbonyl (C=O) groups is 2. The molecule has 0 aliphatic heterocycles. The Morgan fingerprint density at radius 2 is 1.74 bits per heavy atom. The van der Waals surface area contributed by atoms with E-state index in [0.717, 1.165) is 0 Å². The summed E-state index contributed by atoms with van der Waals surface area (Å²) in [6.07, 6.45) is 0. The first-order chi connectivity index (χ1) is 12.9. The summed E-state index contributed by atoms with van der Waals surface area (Å²) >= 11 is 5.92. The number of hydrogen-bond donors (Lipinski definition) is 0. The van der Waals surface area contributed by atoms with E-state index in [1.807, 2.05) is 0 Å². The molecule has 0 aliphatic carbocycles. The molecule has 0 aliphatic rings. The summed E-state index contributed by atoms with van der Waals surface area (Å²) in [4.78, 5) is 35.6. The number of Topliss-reactive ketones (excluding diaryl/α,β-unsaturated/α-hetero) is 1. The van der Waals surface area contributed by atoms with Crippen LogP contribution in [0, 0.1) is 0 Å². The zero-order chi connectivity index (χ0) is 19.1. The van der Waals surface area contributed by atoms with Crippen LogP contribution in [0.4, 0.5) is 0 Å². The van der Waals surface area contributed by atoms with Crippen LogP contribution in [0.1, 0.15) is 27.8 Å². The second-order valence-electron chi connectivity index (χ2n) is 5.89. The standard InChI is InChI=1S/C20H11ClO6/c1-10(22)15-7-11-2-4-14(9-17(11)27-19(15)23)25-20(24)18-8-12-6-13(21)3-5-16(12)26-18/h2-9H,1H3. The molecular formula is C20H11ClO6. The molecule has 4 aromatic rings. The lowest BCUT2D eigenvalue weighted by Gasteiger charge is -2.04. The number of carbonyl (C=O) groups excluding carboxylic acids is 2. The van der Waals surface area contributed by atoms with Crippen molar-refractivity contribution >= 4 is 45.3 Å². The summed E-state index contributed by atoms with van der Waals surface area (Å²) in [7, 11) is 0. The Hall–Kier alpha value is -3.38. The largest absolute Gasteiger partial charge is 0.449 e. The molecule has 2 heterocycles. The quantitative estimate of drug-likeness (QED) is 0.222. The Balaban J connectivity index is 1.65. The van der Waals surface area contributed by atoms with Crippen molar-refractivity contribution in [3.63, 3.8) is 0 Å². The van der Waals surface area contributed by atoms with Gasteiger partial charge in [0, 0.05) is 21.9 Å². The predicted molar refractivity (Wildman–Crippen MR) is 98.7 cm³/mol. The molecule has 0 amide bonds. The molecule has 0 saturated heterocycles. The van der Waals surface area contributed by atoms with Crippen LogP contribution in [0.25, 0.3) is 21.9 Å². The molecular weight excluding hydrogens is 372 g/mol. The number of benzene rings is 2. The first-order valence-electron chi connectivity index (χ1n) is 7.91. The van der Waals surface area contributed by atoms with Crippen LogP contribution in [0.3, 0.4) is 0 Å². The van der Waals surface area contributed by atoms with Gasteiger partial charge >= 0.3 is 11.6 Å². The summed E-state index contributed by atoms with van der Waals surface area (Å²) in [5, 5.41) is 1.74. The van der Waals surface area contributed by atoms with Crippen molar-refractivity contribution in [1.82, 2.24) is 0 Å². The zero-order valence-corrected chi connectivity index (χ0v) is 14.7. The third-order valence-corrected chi connectivity index (χ3v) is 4.21. The van der Waals surface area contributed by atoms with Gasteiger partial charge in [-0.15, -0.1) is 0 Å². The molecule has 27 heavy (non-hydrogen) atoms. The number of halogens is 1. The van der Waals surface area contributed by atoms with Crippen LogP contribution in [0.2, 0.25) is 5.02 Å². The third kappa shape index (κ3) is 3.22. The maximum atomic E-state index is 12.3. The topological polar surface area (TPSA) is 86.7 Å². The summed E-state index contributed by atoms with van der Waals surface area (Å²) in [6, 6.07) is 12.5. The molecule has 0 spiro atoms. The molecule has 6 nitrogen and oxygen atoms in total. The zero-order valence-electron chi connectivity index (χ0n) is 13.9.